The van der Waals surface area contributed by atoms with Gasteiger partial charge in [-0.25, -0.2) is 0 Å². The Balaban J connectivity index is 2.63. The highest BCUT2D eigenvalue weighted by Gasteiger charge is 2.12. The molecular weight excluding hydrogens is 202 g/mol. The van der Waals surface area contributed by atoms with Crippen LogP contribution in [0.4, 0.5) is 0 Å². The molecular formula is C13H21NS. The van der Waals surface area contributed by atoms with E-state index in [0.29, 0.717) is 11.2 Å². The van der Waals surface area contributed by atoms with Crippen molar-refractivity contribution in [3.63, 3.8) is 0 Å². The van der Waals surface area contributed by atoms with Gasteiger partial charge in [0.25, 0.3) is 0 Å². The smallest absolute Gasteiger partial charge is 0.0240 e. The van der Waals surface area contributed by atoms with Crippen LogP contribution in [0, 0.1) is 5.92 Å². The van der Waals surface area contributed by atoms with E-state index in [1.54, 1.807) is 0 Å². The van der Waals surface area contributed by atoms with Crippen LogP contribution in [0.2, 0.25) is 0 Å². The molecule has 0 heterocycles. The molecule has 84 valence electrons. The summed E-state index contributed by atoms with van der Waals surface area (Å²) in [6.07, 6.45) is 1.11. The fourth-order valence-electron chi connectivity index (χ4n) is 1.43. The Hall–Kier alpha value is -0.470. The monoisotopic (exact) mass is 223 g/mol. The fourth-order valence-corrected chi connectivity index (χ4v) is 2.45. The molecule has 0 spiro atoms. The molecule has 0 bridgehead atoms. The molecule has 0 radical (unpaired) electrons. The number of rotatable bonds is 5. The first-order valence-corrected chi connectivity index (χ1v) is 6.51. The van der Waals surface area contributed by atoms with Crippen molar-refractivity contribution in [1.82, 2.24) is 0 Å². The highest BCUT2D eigenvalue weighted by molar-refractivity contribution is 8.00. The molecule has 0 aromatic heterocycles. The molecule has 0 aliphatic carbocycles. The third kappa shape index (κ3) is 3.88. The molecule has 0 saturated heterocycles. The minimum absolute atomic E-state index is 0.525. The number of aryl methyl sites for hydroxylation is 1. The molecule has 0 saturated carbocycles. The van der Waals surface area contributed by atoms with Gasteiger partial charge < -0.3 is 5.73 Å². The summed E-state index contributed by atoms with van der Waals surface area (Å²) in [4.78, 5) is 1.33. The highest BCUT2D eigenvalue weighted by atomic mass is 32.2. The van der Waals surface area contributed by atoms with E-state index in [4.69, 9.17) is 5.73 Å². The average Bonchev–Trinajstić information content (AvgIpc) is 2.26. The Morgan fingerprint density at radius 1 is 1.20 bits per heavy atom. The molecule has 1 rings (SSSR count). The zero-order valence-corrected chi connectivity index (χ0v) is 10.7. The van der Waals surface area contributed by atoms with E-state index in [1.807, 2.05) is 11.8 Å². The van der Waals surface area contributed by atoms with E-state index < -0.39 is 0 Å². The molecule has 15 heavy (non-hydrogen) atoms. The number of hydrogen-bond acceptors (Lipinski definition) is 2. The molecule has 0 aliphatic heterocycles. The van der Waals surface area contributed by atoms with Gasteiger partial charge >= 0.3 is 0 Å². The molecule has 1 nitrogen and oxygen atoms in total. The lowest BCUT2D eigenvalue weighted by Crippen LogP contribution is -2.22. The third-order valence-electron chi connectivity index (χ3n) is 2.59. The fraction of sp³-hybridized carbons (Fsp3) is 0.538. The summed E-state index contributed by atoms with van der Waals surface area (Å²) in [7, 11) is 0. The van der Waals surface area contributed by atoms with Crippen LogP contribution in [-0.4, -0.2) is 11.8 Å². The predicted molar refractivity (Wildman–Crippen MR) is 69.4 cm³/mol. The molecule has 1 unspecified atom stereocenters. The van der Waals surface area contributed by atoms with Gasteiger partial charge in [0, 0.05) is 16.7 Å². The second-order valence-electron chi connectivity index (χ2n) is 4.13. The summed E-state index contributed by atoms with van der Waals surface area (Å²) in [5.41, 5.74) is 7.15. The zero-order valence-electron chi connectivity index (χ0n) is 9.86. The summed E-state index contributed by atoms with van der Waals surface area (Å²) in [6, 6.07) is 8.82. The topological polar surface area (TPSA) is 26.0 Å². The van der Waals surface area contributed by atoms with Gasteiger partial charge in [-0.15, -0.1) is 11.8 Å². The van der Waals surface area contributed by atoms with Gasteiger partial charge in [-0.2, -0.15) is 0 Å². The van der Waals surface area contributed by atoms with Crippen molar-refractivity contribution in [2.24, 2.45) is 11.7 Å². The van der Waals surface area contributed by atoms with Gasteiger partial charge in [0.2, 0.25) is 0 Å². The Morgan fingerprint density at radius 3 is 2.20 bits per heavy atom. The first-order chi connectivity index (χ1) is 7.17. The minimum atomic E-state index is 0.525. The Kier molecular flexibility index (Phi) is 5.20. The first-order valence-electron chi connectivity index (χ1n) is 5.63. The van der Waals surface area contributed by atoms with Crippen LogP contribution in [0.15, 0.2) is 29.2 Å². The molecule has 0 amide bonds. The molecule has 1 aromatic carbocycles. The van der Waals surface area contributed by atoms with Crippen LogP contribution in [0.25, 0.3) is 0 Å². The second kappa shape index (κ2) is 6.19. The van der Waals surface area contributed by atoms with Crippen molar-refractivity contribution in [1.29, 1.82) is 0 Å². The van der Waals surface area contributed by atoms with Gasteiger partial charge in [0.1, 0.15) is 0 Å². The molecule has 2 heteroatoms. The normalized spacial score (nSPS) is 13.1. The maximum atomic E-state index is 5.76. The molecule has 1 atom stereocenters. The quantitative estimate of drug-likeness (QED) is 0.775. The van der Waals surface area contributed by atoms with Crippen molar-refractivity contribution in [2.75, 3.05) is 6.54 Å². The Bertz CT molecular complexity index is 279. The molecule has 0 aliphatic rings. The lowest BCUT2D eigenvalue weighted by atomic mass is 10.1. The van der Waals surface area contributed by atoms with E-state index in [0.717, 1.165) is 13.0 Å². The van der Waals surface area contributed by atoms with Gasteiger partial charge in [-0.3, -0.25) is 0 Å². The summed E-state index contributed by atoms with van der Waals surface area (Å²) in [5.74, 6) is 0.630. The average molecular weight is 223 g/mol. The largest absolute Gasteiger partial charge is 0.329 e. The minimum Gasteiger partial charge on any atom is -0.329 e. The van der Waals surface area contributed by atoms with Crippen molar-refractivity contribution in [3.8, 4) is 0 Å². The highest BCUT2D eigenvalue weighted by Crippen LogP contribution is 2.27. The van der Waals surface area contributed by atoms with Crippen LogP contribution < -0.4 is 5.73 Å². The van der Waals surface area contributed by atoms with Crippen LogP contribution in [0.3, 0.4) is 0 Å². The number of hydrogen-bond donors (Lipinski definition) is 1. The van der Waals surface area contributed by atoms with Gasteiger partial charge in [-0.1, -0.05) is 32.9 Å². The predicted octanol–water partition coefficient (Wildman–Crippen LogP) is 3.32. The standard InChI is InChI=1S/C13H21NS/c1-4-11-5-7-12(8-6-11)15-13(9-14)10(2)3/h5-8,10,13H,4,9,14H2,1-3H3. The van der Waals surface area contributed by atoms with Crippen molar-refractivity contribution in [3.05, 3.63) is 29.8 Å². The van der Waals surface area contributed by atoms with Crippen LogP contribution in [-0.2, 0) is 6.42 Å². The van der Waals surface area contributed by atoms with Crippen LogP contribution >= 0.6 is 11.8 Å². The van der Waals surface area contributed by atoms with Crippen LogP contribution in [0.5, 0.6) is 0 Å². The van der Waals surface area contributed by atoms with Crippen molar-refractivity contribution in [2.45, 2.75) is 37.3 Å². The van der Waals surface area contributed by atoms with E-state index >= 15 is 0 Å². The number of nitrogens with two attached hydrogens (primary N) is 1. The van der Waals surface area contributed by atoms with Crippen LogP contribution in [0.1, 0.15) is 26.3 Å². The van der Waals surface area contributed by atoms with Crippen molar-refractivity contribution >= 4 is 11.8 Å². The van der Waals surface area contributed by atoms with Gasteiger partial charge in [0.15, 0.2) is 0 Å². The Morgan fingerprint density at radius 2 is 1.80 bits per heavy atom. The molecule has 0 fully saturated rings. The SMILES string of the molecule is CCc1ccc(SC(CN)C(C)C)cc1. The van der Waals surface area contributed by atoms with E-state index in [-0.39, 0.29) is 0 Å². The maximum absolute atomic E-state index is 5.76. The van der Waals surface area contributed by atoms with E-state index in [2.05, 4.69) is 45.0 Å². The maximum Gasteiger partial charge on any atom is 0.0240 e. The first kappa shape index (κ1) is 12.6. The zero-order chi connectivity index (χ0) is 11.3. The lowest BCUT2D eigenvalue weighted by Gasteiger charge is -2.18. The van der Waals surface area contributed by atoms with E-state index in [9.17, 15) is 0 Å². The second-order valence-corrected chi connectivity index (χ2v) is 5.45. The van der Waals surface area contributed by atoms with Crippen molar-refractivity contribution < 1.29 is 0 Å². The lowest BCUT2D eigenvalue weighted by molar-refractivity contribution is 0.613. The molecule has 2 N–H and O–H groups in total. The Labute approximate surface area is 97.4 Å². The van der Waals surface area contributed by atoms with Gasteiger partial charge in [-0.05, 0) is 30.0 Å². The van der Waals surface area contributed by atoms with E-state index in [1.165, 1.54) is 10.5 Å². The summed E-state index contributed by atoms with van der Waals surface area (Å²) < 4.78 is 0. The summed E-state index contributed by atoms with van der Waals surface area (Å²) >= 11 is 1.89. The molecule has 1 aromatic rings. The summed E-state index contributed by atoms with van der Waals surface area (Å²) in [5, 5.41) is 0.525. The third-order valence-corrected chi connectivity index (χ3v) is 4.18. The summed E-state index contributed by atoms with van der Waals surface area (Å²) in [6.45, 7) is 7.38. The van der Waals surface area contributed by atoms with Gasteiger partial charge in [0.05, 0.1) is 0 Å². The number of thioether (sulfide) groups is 1. The number of benzene rings is 1.